The minimum atomic E-state index is 0.644. The van der Waals surface area contributed by atoms with Gasteiger partial charge in [0.25, 0.3) is 0 Å². The third-order valence-electron chi connectivity index (χ3n) is 2.70. The van der Waals surface area contributed by atoms with E-state index >= 15 is 0 Å². The Morgan fingerprint density at radius 2 is 2.00 bits per heavy atom. The largest absolute Gasteiger partial charge is 0.330 e. The van der Waals surface area contributed by atoms with Crippen molar-refractivity contribution in [2.24, 2.45) is 11.7 Å². The topological polar surface area (TPSA) is 43.8 Å². The van der Waals surface area contributed by atoms with E-state index in [1.165, 1.54) is 17.0 Å². The van der Waals surface area contributed by atoms with E-state index in [1.807, 2.05) is 0 Å². The normalized spacial score (nSPS) is 11.3. The smallest absolute Gasteiger partial charge is 0.0628 e. The summed E-state index contributed by atoms with van der Waals surface area (Å²) in [5, 5.41) is 4.58. The molecule has 0 atom stereocenters. The highest BCUT2D eigenvalue weighted by atomic mass is 15.3. The zero-order valence-corrected chi connectivity index (χ0v) is 10.4. The highest BCUT2D eigenvalue weighted by Crippen LogP contribution is 2.16. The summed E-state index contributed by atoms with van der Waals surface area (Å²) in [6.07, 6.45) is 2.11. The van der Waals surface area contributed by atoms with Crippen molar-refractivity contribution in [3.63, 3.8) is 0 Å². The van der Waals surface area contributed by atoms with Crippen LogP contribution in [0.4, 0.5) is 0 Å². The minimum Gasteiger partial charge on any atom is -0.330 e. The number of nitrogens with zero attached hydrogens (tertiary/aromatic N) is 2. The average molecular weight is 209 g/mol. The van der Waals surface area contributed by atoms with E-state index in [2.05, 4.69) is 37.5 Å². The molecule has 0 aliphatic rings. The lowest BCUT2D eigenvalue weighted by atomic mass is 10.1. The molecule has 1 aromatic rings. The molecule has 0 unspecified atom stereocenters. The molecule has 0 bridgehead atoms. The fourth-order valence-electron chi connectivity index (χ4n) is 1.90. The van der Waals surface area contributed by atoms with Crippen LogP contribution in [0.1, 0.15) is 37.2 Å². The number of aromatic nitrogens is 2. The molecule has 15 heavy (non-hydrogen) atoms. The van der Waals surface area contributed by atoms with E-state index < -0.39 is 0 Å². The van der Waals surface area contributed by atoms with E-state index in [4.69, 9.17) is 5.73 Å². The molecule has 1 rings (SSSR count). The van der Waals surface area contributed by atoms with Gasteiger partial charge in [-0.15, -0.1) is 0 Å². The summed E-state index contributed by atoms with van der Waals surface area (Å²) < 4.78 is 2.13. The predicted molar refractivity (Wildman–Crippen MR) is 63.9 cm³/mol. The number of rotatable bonds is 5. The Hall–Kier alpha value is -0.830. The molecule has 1 aromatic heterocycles. The molecule has 2 N–H and O–H groups in total. The number of hydrogen-bond acceptors (Lipinski definition) is 2. The molecule has 86 valence electrons. The van der Waals surface area contributed by atoms with Gasteiger partial charge in [0.05, 0.1) is 5.69 Å². The van der Waals surface area contributed by atoms with Crippen molar-refractivity contribution < 1.29 is 0 Å². The van der Waals surface area contributed by atoms with Gasteiger partial charge >= 0.3 is 0 Å². The van der Waals surface area contributed by atoms with Gasteiger partial charge in [0.1, 0.15) is 0 Å². The molecule has 0 spiro atoms. The van der Waals surface area contributed by atoms with Crippen LogP contribution in [0.15, 0.2) is 0 Å². The molecule has 3 nitrogen and oxygen atoms in total. The molecule has 0 fully saturated rings. The van der Waals surface area contributed by atoms with Gasteiger partial charge in [0, 0.05) is 12.2 Å². The van der Waals surface area contributed by atoms with Crippen LogP contribution in [0.25, 0.3) is 0 Å². The molecule has 0 aromatic carbocycles. The Morgan fingerprint density at radius 3 is 2.53 bits per heavy atom. The molecule has 3 heteroatoms. The zero-order valence-electron chi connectivity index (χ0n) is 10.4. The molecule has 0 aliphatic carbocycles. The molecule has 0 amide bonds. The predicted octanol–water partition coefficient (Wildman–Crippen LogP) is 2.05. The molecule has 0 saturated carbocycles. The van der Waals surface area contributed by atoms with Gasteiger partial charge in [-0.3, -0.25) is 4.68 Å². The summed E-state index contributed by atoms with van der Waals surface area (Å²) >= 11 is 0. The van der Waals surface area contributed by atoms with E-state index in [0.717, 1.165) is 25.9 Å². The van der Waals surface area contributed by atoms with Crippen LogP contribution in [0.5, 0.6) is 0 Å². The molecule has 0 aliphatic heterocycles. The van der Waals surface area contributed by atoms with Crippen molar-refractivity contribution in [3.8, 4) is 0 Å². The first-order chi connectivity index (χ1) is 7.06. The zero-order chi connectivity index (χ0) is 11.4. The minimum absolute atomic E-state index is 0.644. The fourth-order valence-corrected chi connectivity index (χ4v) is 1.90. The second-order valence-electron chi connectivity index (χ2n) is 4.62. The summed E-state index contributed by atoms with van der Waals surface area (Å²) in [5.41, 5.74) is 9.41. The van der Waals surface area contributed by atoms with Crippen LogP contribution in [0.2, 0.25) is 0 Å². The molecule has 0 saturated heterocycles. The highest BCUT2D eigenvalue weighted by molar-refractivity contribution is 5.24. The van der Waals surface area contributed by atoms with Gasteiger partial charge in [-0.05, 0) is 44.7 Å². The van der Waals surface area contributed by atoms with Crippen molar-refractivity contribution in [2.75, 3.05) is 6.54 Å². The summed E-state index contributed by atoms with van der Waals surface area (Å²) in [7, 11) is 0. The monoisotopic (exact) mass is 209 g/mol. The third-order valence-corrected chi connectivity index (χ3v) is 2.70. The third kappa shape index (κ3) is 3.06. The second-order valence-corrected chi connectivity index (χ2v) is 4.62. The Balaban J connectivity index is 2.83. The second kappa shape index (κ2) is 5.31. The summed E-state index contributed by atoms with van der Waals surface area (Å²) in [6, 6.07) is 0. The first-order valence-corrected chi connectivity index (χ1v) is 5.79. The SMILES string of the molecule is Cc1nn(CC(C)C)c(C)c1CCCN. The molecule has 1 heterocycles. The maximum Gasteiger partial charge on any atom is 0.0628 e. The summed E-state index contributed by atoms with van der Waals surface area (Å²) in [5.74, 6) is 0.644. The van der Waals surface area contributed by atoms with Crippen molar-refractivity contribution in [3.05, 3.63) is 17.0 Å². The number of nitrogens with two attached hydrogens (primary N) is 1. The van der Waals surface area contributed by atoms with Crippen molar-refractivity contribution in [1.29, 1.82) is 0 Å². The van der Waals surface area contributed by atoms with Gasteiger partial charge in [-0.2, -0.15) is 5.10 Å². The maximum atomic E-state index is 5.54. The summed E-state index contributed by atoms with van der Waals surface area (Å²) in [4.78, 5) is 0. The Morgan fingerprint density at radius 1 is 1.33 bits per heavy atom. The van der Waals surface area contributed by atoms with E-state index in [0.29, 0.717) is 5.92 Å². The average Bonchev–Trinajstić information content (AvgIpc) is 2.39. The first-order valence-electron chi connectivity index (χ1n) is 5.79. The Kier molecular flexibility index (Phi) is 4.33. The van der Waals surface area contributed by atoms with E-state index in [-0.39, 0.29) is 0 Å². The Labute approximate surface area is 92.7 Å². The molecular weight excluding hydrogens is 186 g/mol. The highest BCUT2D eigenvalue weighted by Gasteiger charge is 2.11. The van der Waals surface area contributed by atoms with Crippen molar-refractivity contribution in [1.82, 2.24) is 9.78 Å². The number of hydrogen-bond donors (Lipinski definition) is 1. The quantitative estimate of drug-likeness (QED) is 0.806. The van der Waals surface area contributed by atoms with Crippen LogP contribution in [0, 0.1) is 19.8 Å². The van der Waals surface area contributed by atoms with Crippen LogP contribution in [0.3, 0.4) is 0 Å². The number of aryl methyl sites for hydroxylation is 1. The van der Waals surface area contributed by atoms with Gasteiger partial charge in [-0.25, -0.2) is 0 Å². The standard InChI is InChI=1S/C12H23N3/c1-9(2)8-15-11(4)12(6-5-7-13)10(3)14-15/h9H,5-8,13H2,1-4H3. The lowest BCUT2D eigenvalue weighted by molar-refractivity contribution is 0.472. The van der Waals surface area contributed by atoms with Gasteiger partial charge in [0.2, 0.25) is 0 Å². The van der Waals surface area contributed by atoms with Crippen LogP contribution in [-0.4, -0.2) is 16.3 Å². The first kappa shape index (κ1) is 12.2. The summed E-state index contributed by atoms with van der Waals surface area (Å²) in [6.45, 7) is 10.5. The molecule has 0 radical (unpaired) electrons. The maximum absolute atomic E-state index is 5.54. The van der Waals surface area contributed by atoms with Crippen LogP contribution >= 0.6 is 0 Å². The van der Waals surface area contributed by atoms with Gasteiger partial charge in [0.15, 0.2) is 0 Å². The lowest BCUT2D eigenvalue weighted by Crippen LogP contribution is -2.08. The Bertz CT molecular complexity index is 313. The van der Waals surface area contributed by atoms with Crippen LogP contribution < -0.4 is 5.73 Å². The van der Waals surface area contributed by atoms with Crippen molar-refractivity contribution in [2.45, 2.75) is 47.1 Å². The fraction of sp³-hybridized carbons (Fsp3) is 0.750. The van der Waals surface area contributed by atoms with Gasteiger partial charge < -0.3 is 5.73 Å². The lowest BCUT2D eigenvalue weighted by Gasteiger charge is -2.07. The van der Waals surface area contributed by atoms with Crippen molar-refractivity contribution >= 4 is 0 Å². The van der Waals surface area contributed by atoms with Gasteiger partial charge in [-0.1, -0.05) is 13.8 Å². The van der Waals surface area contributed by atoms with Crippen LogP contribution in [-0.2, 0) is 13.0 Å². The van der Waals surface area contributed by atoms with E-state index in [1.54, 1.807) is 0 Å². The van der Waals surface area contributed by atoms with E-state index in [9.17, 15) is 0 Å². The molecular formula is C12H23N3.